The molecule has 0 unspecified atom stereocenters. The average Bonchev–Trinajstić information content (AvgIpc) is 2.24. The summed E-state index contributed by atoms with van der Waals surface area (Å²) in [6.07, 6.45) is 4.29. The summed E-state index contributed by atoms with van der Waals surface area (Å²) < 4.78 is 0. The molecule has 1 aromatic rings. The largest absolute Gasteiger partial charge is 0.198 e. The van der Waals surface area contributed by atoms with Gasteiger partial charge in [-0.3, -0.25) is 0 Å². The molecule has 1 heteroatoms. The molecule has 1 aliphatic carbocycles. The van der Waals surface area contributed by atoms with Gasteiger partial charge in [-0.2, -0.15) is 5.26 Å². The van der Waals surface area contributed by atoms with Crippen molar-refractivity contribution in [3.8, 4) is 6.07 Å². The van der Waals surface area contributed by atoms with E-state index in [0.717, 1.165) is 19.3 Å². The van der Waals surface area contributed by atoms with Crippen molar-refractivity contribution in [2.24, 2.45) is 5.41 Å². The van der Waals surface area contributed by atoms with Gasteiger partial charge in [0.1, 0.15) is 0 Å². The number of rotatable bonds is 2. The summed E-state index contributed by atoms with van der Waals surface area (Å²) in [5.74, 6) is 0. The number of hydrogen-bond acceptors (Lipinski definition) is 1. The van der Waals surface area contributed by atoms with Crippen LogP contribution >= 0.6 is 0 Å². The van der Waals surface area contributed by atoms with Gasteiger partial charge < -0.3 is 0 Å². The maximum Gasteiger partial charge on any atom is 0.0693 e. The molecule has 0 bridgehead atoms. The van der Waals surface area contributed by atoms with Crippen LogP contribution in [-0.2, 0) is 11.8 Å². The highest BCUT2D eigenvalue weighted by Gasteiger charge is 2.37. The van der Waals surface area contributed by atoms with Crippen molar-refractivity contribution in [3.05, 3.63) is 34.9 Å². The van der Waals surface area contributed by atoms with Crippen LogP contribution in [0.1, 0.15) is 56.7 Å². The smallest absolute Gasteiger partial charge is 0.0693 e. The molecular weight excluding hydrogens is 218 g/mol. The number of benzene rings is 1. The van der Waals surface area contributed by atoms with Gasteiger partial charge in [-0.25, -0.2) is 0 Å². The Hall–Kier alpha value is -1.29. The molecule has 0 amide bonds. The van der Waals surface area contributed by atoms with Gasteiger partial charge in [-0.15, -0.1) is 0 Å². The molecule has 0 radical (unpaired) electrons. The maximum absolute atomic E-state index is 9.32. The minimum Gasteiger partial charge on any atom is -0.198 e. The van der Waals surface area contributed by atoms with E-state index in [0.29, 0.717) is 0 Å². The number of nitriles is 1. The molecule has 1 aromatic carbocycles. The van der Waals surface area contributed by atoms with E-state index in [1.54, 1.807) is 0 Å². The first-order valence-corrected chi connectivity index (χ1v) is 6.88. The van der Waals surface area contributed by atoms with Crippen molar-refractivity contribution in [1.29, 1.82) is 5.26 Å². The van der Waals surface area contributed by atoms with Gasteiger partial charge in [0.25, 0.3) is 0 Å². The molecule has 1 nitrogen and oxygen atoms in total. The van der Waals surface area contributed by atoms with Crippen LogP contribution in [0.4, 0.5) is 0 Å². The zero-order valence-electron chi connectivity index (χ0n) is 12.0. The normalized spacial score (nSPS) is 17.9. The Labute approximate surface area is 111 Å². The van der Waals surface area contributed by atoms with E-state index in [2.05, 4.69) is 52.0 Å². The fourth-order valence-corrected chi connectivity index (χ4v) is 2.66. The summed E-state index contributed by atoms with van der Waals surface area (Å²) in [5.41, 5.74) is 4.21. The number of hydrogen-bond donors (Lipinski definition) is 0. The fraction of sp³-hybridized carbons (Fsp3) is 0.588. The molecule has 0 spiro atoms. The predicted molar refractivity (Wildman–Crippen MR) is 75.5 cm³/mol. The van der Waals surface area contributed by atoms with Crippen molar-refractivity contribution >= 4 is 0 Å². The number of nitrogens with zero attached hydrogens (tertiary/aromatic N) is 1. The first-order valence-electron chi connectivity index (χ1n) is 6.88. The molecule has 18 heavy (non-hydrogen) atoms. The molecule has 2 rings (SSSR count). The third-order valence-electron chi connectivity index (χ3n) is 4.29. The second kappa shape index (κ2) is 4.43. The molecule has 0 N–H and O–H groups in total. The molecule has 0 atom stereocenters. The van der Waals surface area contributed by atoms with Gasteiger partial charge in [0.05, 0.1) is 11.5 Å². The van der Waals surface area contributed by atoms with Crippen LogP contribution in [0.25, 0.3) is 0 Å². The third kappa shape index (κ3) is 2.43. The van der Waals surface area contributed by atoms with Crippen LogP contribution in [0, 0.1) is 23.7 Å². The third-order valence-corrected chi connectivity index (χ3v) is 4.29. The van der Waals surface area contributed by atoms with Gasteiger partial charge in [-0.05, 0) is 48.3 Å². The molecule has 1 fully saturated rings. The zero-order valence-corrected chi connectivity index (χ0v) is 12.0. The topological polar surface area (TPSA) is 23.8 Å². The number of aryl methyl sites for hydroxylation is 1. The highest BCUT2D eigenvalue weighted by molar-refractivity contribution is 5.36. The molecule has 0 aromatic heterocycles. The molecule has 0 saturated heterocycles. The Morgan fingerprint density at radius 1 is 1.28 bits per heavy atom. The summed E-state index contributed by atoms with van der Waals surface area (Å²) in [6, 6.07) is 9.28. The first kappa shape index (κ1) is 13.1. The van der Waals surface area contributed by atoms with Crippen molar-refractivity contribution in [2.45, 2.75) is 58.8 Å². The average molecular weight is 241 g/mol. The molecule has 1 saturated carbocycles. The van der Waals surface area contributed by atoms with Gasteiger partial charge >= 0.3 is 0 Å². The second-order valence-corrected chi connectivity index (χ2v) is 6.81. The van der Waals surface area contributed by atoms with Crippen LogP contribution < -0.4 is 0 Å². The SMILES string of the molecule is Cc1cc(C(C)(C)C)ccc1CC1(C#N)CCC1. The van der Waals surface area contributed by atoms with Crippen molar-refractivity contribution in [3.63, 3.8) is 0 Å². The Balaban J connectivity index is 2.24. The van der Waals surface area contributed by atoms with E-state index in [9.17, 15) is 5.26 Å². The lowest BCUT2D eigenvalue weighted by molar-refractivity contribution is 0.214. The van der Waals surface area contributed by atoms with Crippen molar-refractivity contribution in [1.82, 2.24) is 0 Å². The van der Waals surface area contributed by atoms with Crippen molar-refractivity contribution in [2.75, 3.05) is 0 Å². The van der Waals surface area contributed by atoms with Crippen LogP contribution in [0.5, 0.6) is 0 Å². The van der Waals surface area contributed by atoms with Crippen LogP contribution in [0.15, 0.2) is 18.2 Å². The minimum absolute atomic E-state index is 0.0615. The summed E-state index contributed by atoms with van der Waals surface area (Å²) in [5, 5.41) is 9.32. The Kier molecular flexibility index (Phi) is 3.23. The molecule has 0 aliphatic heterocycles. The Morgan fingerprint density at radius 2 is 1.94 bits per heavy atom. The Bertz CT molecular complexity index is 481. The maximum atomic E-state index is 9.32. The predicted octanol–water partition coefficient (Wildman–Crippen LogP) is 4.53. The molecular formula is C17H23N. The lowest BCUT2D eigenvalue weighted by Gasteiger charge is -2.35. The quantitative estimate of drug-likeness (QED) is 0.746. The summed E-state index contributed by atoms with van der Waals surface area (Å²) in [7, 11) is 0. The molecule has 0 heterocycles. The van der Waals surface area contributed by atoms with E-state index in [-0.39, 0.29) is 10.8 Å². The highest BCUT2D eigenvalue weighted by atomic mass is 14.4. The lowest BCUT2D eigenvalue weighted by atomic mass is 9.66. The zero-order chi connectivity index (χ0) is 13.4. The highest BCUT2D eigenvalue weighted by Crippen LogP contribution is 2.43. The summed E-state index contributed by atoms with van der Waals surface area (Å²) in [6.45, 7) is 8.90. The van der Waals surface area contributed by atoms with Gasteiger partial charge in [0.15, 0.2) is 0 Å². The molecule has 96 valence electrons. The minimum atomic E-state index is -0.0615. The van der Waals surface area contributed by atoms with Crippen LogP contribution in [0.3, 0.4) is 0 Å². The second-order valence-electron chi connectivity index (χ2n) is 6.81. The van der Waals surface area contributed by atoms with Gasteiger partial charge in [-0.1, -0.05) is 45.4 Å². The Morgan fingerprint density at radius 3 is 2.33 bits per heavy atom. The molecule has 1 aliphatic rings. The van der Waals surface area contributed by atoms with Crippen molar-refractivity contribution < 1.29 is 0 Å². The lowest BCUT2D eigenvalue weighted by Crippen LogP contribution is -2.30. The van der Waals surface area contributed by atoms with E-state index < -0.39 is 0 Å². The standard InChI is InChI=1S/C17H23N/c1-13-10-15(16(2,3)4)7-6-14(13)11-17(12-18)8-5-9-17/h6-7,10H,5,8-9,11H2,1-4H3. The van der Waals surface area contributed by atoms with E-state index in [4.69, 9.17) is 0 Å². The fourth-order valence-electron chi connectivity index (χ4n) is 2.66. The summed E-state index contributed by atoms with van der Waals surface area (Å²) in [4.78, 5) is 0. The van der Waals surface area contributed by atoms with Crippen LogP contribution in [-0.4, -0.2) is 0 Å². The monoisotopic (exact) mass is 241 g/mol. The van der Waals surface area contributed by atoms with Gasteiger partial charge in [0, 0.05) is 0 Å². The first-order chi connectivity index (χ1) is 8.36. The van der Waals surface area contributed by atoms with E-state index in [1.165, 1.54) is 23.1 Å². The van der Waals surface area contributed by atoms with Crippen LogP contribution in [0.2, 0.25) is 0 Å². The van der Waals surface area contributed by atoms with E-state index >= 15 is 0 Å². The van der Waals surface area contributed by atoms with E-state index in [1.807, 2.05) is 0 Å². The van der Waals surface area contributed by atoms with Gasteiger partial charge in [0.2, 0.25) is 0 Å². The summed E-state index contributed by atoms with van der Waals surface area (Å²) >= 11 is 0.